The van der Waals surface area contributed by atoms with Crippen LogP contribution in [0.15, 0.2) is 12.7 Å². The molecular formula is C9H16O6. The van der Waals surface area contributed by atoms with Crippen molar-refractivity contribution in [1.29, 1.82) is 0 Å². The van der Waals surface area contributed by atoms with Crippen LogP contribution < -0.4 is 0 Å². The molecule has 0 aromatic rings. The average Bonchev–Trinajstić information content (AvgIpc) is 1.98. The average molecular weight is 220 g/mol. The highest BCUT2D eigenvalue weighted by molar-refractivity contribution is 5.66. The van der Waals surface area contributed by atoms with Gasteiger partial charge in [-0.05, 0) is 0 Å². The van der Waals surface area contributed by atoms with E-state index in [0.29, 0.717) is 6.61 Å². The number of aliphatic carboxylic acids is 2. The van der Waals surface area contributed by atoms with E-state index in [-0.39, 0.29) is 5.97 Å². The van der Waals surface area contributed by atoms with Crippen LogP contribution in [0, 0.1) is 0 Å². The van der Waals surface area contributed by atoms with Gasteiger partial charge in [-0.1, -0.05) is 12.7 Å². The first-order valence-corrected chi connectivity index (χ1v) is 3.87. The van der Waals surface area contributed by atoms with E-state index in [0.717, 1.165) is 13.8 Å². The summed E-state index contributed by atoms with van der Waals surface area (Å²) in [6.07, 6.45) is 1.53. The fourth-order valence-electron chi connectivity index (χ4n) is 0.176. The van der Waals surface area contributed by atoms with Crippen molar-refractivity contribution in [2.24, 2.45) is 0 Å². The second kappa shape index (κ2) is 14.7. The van der Waals surface area contributed by atoms with Crippen LogP contribution in [0.5, 0.6) is 0 Å². The molecule has 0 heterocycles. The molecular weight excluding hydrogens is 204 g/mol. The van der Waals surface area contributed by atoms with E-state index >= 15 is 0 Å². The Morgan fingerprint density at radius 1 is 1.13 bits per heavy atom. The Morgan fingerprint density at radius 3 is 1.47 bits per heavy atom. The summed E-state index contributed by atoms with van der Waals surface area (Å²) in [6.45, 7) is 7.20. The van der Waals surface area contributed by atoms with Crippen molar-refractivity contribution >= 4 is 17.9 Å². The molecule has 15 heavy (non-hydrogen) atoms. The Bertz CT molecular complexity index is 189. The van der Waals surface area contributed by atoms with Gasteiger partial charge in [0.2, 0.25) is 0 Å². The highest BCUT2D eigenvalue weighted by Crippen LogP contribution is 1.73. The first-order valence-electron chi connectivity index (χ1n) is 3.87. The number of hydrogen-bond acceptors (Lipinski definition) is 4. The number of hydrogen-bond donors (Lipinski definition) is 2. The number of ether oxygens (including phenoxy) is 1. The molecule has 2 N–H and O–H groups in total. The standard InChI is InChI=1S/C5H8O2.2C2H4O2/c1-3-4-7-5(2)6;2*1-2(3)4/h3H,1,4H2,2H3;2*1H3,(H,3,4). The Hall–Kier alpha value is -1.85. The van der Waals surface area contributed by atoms with Crippen LogP contribution in [-0.2, 0) is 19.1 Å². The van der Waals surface area contributed by atoms with Gasteiger partial charge in [0.1, 0.15) is 6.61 Å². The first-order chi connectivity index (χ1) is 6.73. The second-order valence-electron chi connectivity index (χ2n) is 2.13. The fraction of sp³-hybridized carbons (Fsp3) is 0.444. The Morgan fingerprint density at radius 2 is 1.40 bits per heavy atom. The van der Waals surface area contributed by atoms with Crippen LogP contribution in [0.25, 0.3) is 0 Å². The summed E-state index contributed by atoms with van der Waals surface area (Å²) in [5, 5.41) is 14.8. The molecule has 88 valence electrons. The monoisotopic (exact) mass is 220 g/mol. The molecule has 0 amide bonds. The summed E-state index contributed by atoms with van der Waals surface area (Å²) >= 11 is 0. The predicted molar refractivity (Wildman–Crippen MR) is 53.4 cm³/mol. The van der Waals surface area contributed by atoms with Crippen molar-refractivity contribution in [2.75, 3.05) is 6.61 Å². The van der Waals surface area contributed by atoms with Crippen molar-refractivity contribution in [3.05, 3.63) is 12.7 Å². The normalized spacial score (nSPS) is 6.87. The number of carbonyl (C=O) groups is 3. The minimum Gasteiger partial charge on any atom is -0.481 e. The zero-order valence-corrected chi connectivity index (χ0v) is 9.02. The van der Waals surface area contributed by atoms with E-state index in [1.165, 1.54) is 13.0 Å². The van der Waals surface area contributed by atoms with E-state index in [1.807, 2.05) is 0 Å². The zero-order valence-electron chi connectivity index (χ0n) is 9.02. The molecule has 0 fully saturated rings. The van der Waals surface area contributed by atoms with E-state index in [1.54, 1.807) is 0 Å². The number of carboxylic acid groups (broad SMARTS) is 2. The lowest BCUT2D eigenvalue weighted by molar-refractivity contribution is -0.140. The summed E-state index contributed by atoms with van der Waals surface area (Å²) in [6, 6.07) is 0. The van der Waals surface area contributed by atoms with Gasteiger partial charge in [-0.15, -0.1) is 0 Å². The van der Waals surface area contributed by atoms with Crippen LogP contribution in [0.4, 0.5) is 0 Å². The lowest BCUT2D eigenvalue weighted by Crippen LogP contribution is -1.96. The van der Waals surface area contributed by atoms with Crippen molar-refractivity contribution < 1.29 is 29.3 Å². The minimum atomic E-state index is -0.833. The molecule has 0 radical (unpaired) electrons. The highest BCUT2D eigenvalue weighted by Gasteiger charge is 1.83. The molecule has 0 aromatic carbocycles. The third-order valence-electron chi connectivity index (χ3n) is 0.404. The quantitative estimate of drug-likeness (QED) is 0.530. The van der Waals surface area contributed by atoms with Crippen molar-refractivity contribution in [1.82, 2.24) is 0 Å². The summed E-state index contributed by atoms with van der Waals surface area (Å²) in [4.78, 5) is 27.9. The SMILES string of the molecule is C=CCOC(C)=O.CC(=O)O.CC(=O)O. The molecule has 0 atom stereocenters. The lowest BCUT2D eigenvalue weighted by Gasteiger charge is -1.90. The Labute approximate surface area is 88.2 Å². The number of rotatable bonds is 2. The summed E-state index contributed by atoms with van der Waals surface area (Å²) in [5.41, 5.74) is 0. The molecule has 0 saturated carbocycles. The summed E-state index contributed by atoms with van der Waals surface area (Å²) < 4.78 is 4.43. The molecule has 0 aliphatic carbocycles. The molecule has 6 nitrogen and oxygen atoms in total. The number of carboxylic acids is 2. The van der Waals surface area contributed by atoms with Crippen LogP contribution in [0.1, 0.15) is 20.8 Å². The maximum Gasteiger partial charge on any atom is 0.302 e. The molecule has 0 bridgehead atoms. The van der Waals surface area contributed by atoms with Crippen LogP contribution in [-0.4, -0.2) is 34.7 Å². The maximum absolute atomic E-state index is 9.93. The molecule has 0 aliphatic heterocycles. The predicted octanol–water partition coefficient (Wildman–Crippen LogP) is 0.917. The maximum atomic E-state index is 9.93. The van der Waals surface area contributed by atoms with E-state index in [4.69, 9.17) is 19.8 Å². The van der Waals surface area contributed by atoms with Crippen molar-refractivity contribution in [3.63, 3.8) is 0 Å². The highest BCUT2D eigenvalue weighted by atomic mass is 16.5. The molecule has 0 rings (SSSR count). The van der Waals surface area contributed by atoms with E-state index in [9.17, 15) is 4.79 Å². The Kier molecular flexibility index (Phi) is 18.4. The van der Waals surface area contributed by atoms with Crippen molar-refractivity contribution in [2.45, 2.75) is 20.8 Å². The van der Waals surface area contributed by atoms with E-state index in [2.05, 4.69) is 11.3 Å². The van der Waals surface area contributed by atoms with Crippen LogP contribution in [0.3, 0.4) is 0 Å². The zero-order chi connectivity index (χ0) is 12.9. The van der Waals surface area contributed by atoms with Gasteiger partial charge >= 0.3 is 5.97 Å². The number of esters is 1. The number of carbonyl (C=O) groups excluding carboxylic acids is 1. The lowest BCUT2D eigenvalue weighted by atomic mass is 10.7. The van der Waals surface area contributed by atoms with Gasteiger partial charge in [0.15, 0.2) is 0 Å². The van der Waals surface area contributed by atoms with Gasteiger partial charge in [0, 0.05) is 20.8 Å². The third-order valence-corrected chi connectivity index (χ3v) is 0.404. The Balaban J connectivity index is -0.000000155. The minimum absolute atomic E-state index is 0.264. The van der Waals surface area contributed by atoms with Crippen LogP contribution >= 0.6 is 0 Å². The molecule has 0 aliphatic rings. The topological polar surface area (TPSA) is 101 Å². The van der Waals surface area contributed by atoms with Gasteiger partial charge in [0.25, 0.3) is 11.9 Å². The van der Waals surface area contributed by atoms with Gasteiger partial charge < -0.3 is 14.9 Å². The second-order valence-corrected chi connectivity index (χ2v) is 2.13. The third kappa shape index (κ3) is 271. The van der Waals surface area contributed by atoms with Crippen LogP contribution in [0.2, 0.25) is 0 Å². The van der Waals surface area contributed by atoms with Crippen molar-refractivity contribution in [3.8, 4) is 0 Å². The summed E-state index contributed by atoms with van der Waals surface area (Å²) in [5.74, 6) is -1.93. The van der Waals surface area contributed by atoms with Gasteiger partial charge in [-0.2, -0.15) is 0 Å². The molecule has 0 saturated heterocycles. The van der Waals surface area contributed by atoms with E-state index < -0.39 is 11.9 Å². The van der Waals surface area contributed by atoms with Gasteiger partial charge in [-0.3, -0.25) is 14.4 Å². The van der Waals surface area contributed by atoms with Gasteiger partial charge in [0.05, 0.1) is 0 Å². The first kappa shape index (κ1) is 18.8. The molecule has 0 aromatic heterocycles. The molecule has 0 spiro atoms. The van der Waals surface area contributed by atoms with Gasteiger partial charge in [-0.25, -0.2) is 0 Å². The molecule has 6 heteroatoms. The largest absolute Gasteiger partial charge is 0.481 e. The molecule has 0 unspecified atom stereocenters. The summed E-state index contributed by atoms with van der Waals surface area (Å²) in [7, 11) is 0. The fourth-order valence-corrected chi connectivity index (χ4v) is 0.176. The smallest absolute Gasteiger partial charge is 0.302 e.